The van der Waals surface area contributed by atoms with Gasteiger partial charge in [-0.05, 0) is 43.9 Å². The van der Waals surface area contributed by atoms with Gasteiger partial charge in [0, 0.05) is 31.9 Å². The maximum absolute atomic E-state index is 12.5. The number of hydrogen-bond acceptors (Lipinski definition) is 3. The number of alkyl halides is 3. The fourth-order valence-corrected chi connectivity index (χ4v) is 2.69. The van der Waals surface area contributed by atoms with E-state index in [9.17, 15) is 13.2 Å². The third-order valence-corrected chi connectivity index (χ3v) is 4.06. The first-order valence-electron chi connectivity index (χ1n) is 9.55. The first-order chi connectivity index (χ1) is 13.8. The summed E-state index contributed by atoms with van der Waals surface area (Å²) in [7, 11) is 1.88. The van der Waals surface area contributed by atoms with E-state index in [1.807, 2.05) is 32.4 Å². The number of hydrogen-bond donors (Lipinski definition) is 2. The van der Waals surface area contributed by atoms with Crippen molar-refractivity contribution in [3.05, 3.63) is 47.3 Å². The van der Waals surface area contributed by atoms with Crippen LogP contribution in [0.3, 0.4) is 0 Å². The predicted octanol–water partition coefficient (Wildman–Crippen LogP) is 3.98. The Bertz CT molecular complexity index is 808. The lowest BCUT2D eigenvalue weighted by Crippen LogP contribution is -2.37. The van der Waals surface area contributed by atoms with Crippen molar-refractivity contribution in [2.75, 3.05) is 19.7 Å². The molecule has 0 fully saturated rings. The molecule has 0 atom stereocenters. The van der Waals surface area contributed by atoms with Gasteiger partial charge in [-0.1, -0.05) is 12.1 Å². The molecule has 6 nitrogen and oxygen atoms in total. The third-order valence-electron chi connectivity index (χ3n) is 4.06. The second-order valence-corrected chi connectivity index (χ2v) is 6.76. The van der Waals surface area contributed by atoms with Crippen LogP contribution < -0.4 is 15.4 Å². The van der Waals surface area contributed by atoms with E-state index in [1.165, 1.54) is 5.56 Å². The zero-order chi connectivity index (χ0) is 21.3. The minimum atomic E-state index is -4.38. The van der Waals surface area contributed by atoms with Crippen molar-refractivity contribution in [1.82, 2.24) is 20.4 Å². The molecule has 0 aliphatic heterocycles. The van der Waals surface area contributed by atoms with Gasteiger partial charge in [0.25, 0.3) is 0 Å². The van der Waals surface area contributed by atoms with Crippen LogP contribution in [0.15, 0.2) is 35.6 Å². The van der Waals surface area contributed by atoms with Gasteiger partial charge in [-0.2, -0.15) is 18.3 Å². The van der Waals surface area contributed by atoms with Crippen molar-refractivity contribution in [3.8, 4) is 5.75 Å². The highest BCUT2D eigenvalue weighted by Gasteiger charge is 2.28. The highest BCUT2D eigenvalue weighted by Crippen LogP contribution is 2.24. The van der Waals surface area contributed by atoms with Gasteiger partial charge < -0.3 is 15.4 Å². The van der Waals surface area contributed by atoms with Crippen LogP contribution in [-0.2, 0) is 20.0 Å². The van der Waals surface area contributed by atoms with Crippen LogP contribution in [0.4, 0.5) is 13.2 Å². The molecule has 2 N–H and O–H groups in total. The highest BCUT2D eigenvalue weighted by atomic mass is 127. The highest BCUT2D eigenvalue weighted by molar-refractivity contribution is 14.0. The van der Waals surface area contributed by atoms with Crippen molar-refractivity contribution in [2.24, 2.45) is 12.0 Å². The van der Waals surface area contributed by atoms with Crippen molar-refractivity contribution in [3.63, 3.8) is 0 Å². The second-order valence-electron chi connectivity index (χ2n) is 6.76. The van der Waals surface area contributed by atoms with E-state index in [4.69, 9.17) is 4.74 Å². The van der Waals surface area contributed by atoms with Gasteiger partial charge in [0.2, 0.25) is 0 Å². The van der Waals surface area contributed by atoms with Crippen molar-refractivity contribution < 1.29 is 17.9 Å². The summed E-state index contributed by atoms with van der Waals surface area (Å²) in [6.45, 7) is 4.05. The number of ether oxygens (including phenoxy) is 1. The Labute approximate surface area is 192 Å². The topological polar surface area (TPSA) is 63.5 Å². The van der Waals surface area contributed by atoms with Crippen LogP contribution in [0.1, 0.15) is 30.0 Å². The van der Waals surface area contributed by atoms with Crippen LogP contribution in [0.2, 0.25) is 0 Å². The minimum absolute atomic E-state index is 0. The maximum Gasteiger partial charge on any atom is 0.422 e. The largest absolute Gasteiger partial charge is 0.484 e. The minimum Gasteiger partial charge on any atom is -0.484 e. The molecular weight excluding hydrogens is 510 g/mol. The Kier molecular flexibility index (Phi) is 11.0. The average molecular weight is 539 g/mol. The molecule has 2 rings (SSSR count). The number of halogens is 4. The van der Waals surface area contributed by atoms with E-state index in [0.717, 1.165) is 18.4 Å². The molecule has 0 spiro atoms. The van der Waals surface area contributed by atoms with Crippen molar-refractivity contribution in [2.45, 2.75) is 39.4 Å². The first-order valence-corrected chi connectivity index (χ1v) is 9.55. The van der Waals surface area contributed by atoms with Crippen LogP contribution >= 0.6 is 24.0 Å². The summed E-state index contributed by atoms with van der Waals surface area (Å²) in [5.74, 6) is 0.819. The Balaban J connectivity index is 0.00000450. The monoisotopic (exact) mass is 539 g/mol. The first kappa shape index (κ1) is 26.1. The Morgan fingerprint density at radius 3 is 2.67 bits per heavy atom. The summed E-state index contributed by atoms with van der Waals surface area (Å²) in [6, 6.07) is 5.18. The number of nitrogens with zero attached hydrogens (tertiary/aromatic N) is 3. The van der Waals surface area contributed by atoms with E-state index in [2.05, 4.69) is 20.7 Å². The molecule has 2 aromatic rings. The van der Waals surface area contributed by atoms with E-state index in [-0.39, 0.29) is 36.3 Å². The third kappa shape index (κ3) is 9.68. The number of aliphatic imine (C=N–C) groups is 1. The zero-order valence-corrected chi connectivity index (χ0v) is 19.8. The molecule has 1 heterocycles. The normalized spacial score (nSPS) is 11.7. The lowest BCUT2D eigenvalue weighted by molar-refractivity contribution is -0.153. The van der Waals surface area contributed by atoms with Crippen molar-refractivity contribution >= 4 is 29.9 Å². The summed E-state index contributed by atoms with van der Waals surface area (Å²) in [4.78, 5) is 4.48. The summed E-state index contributed by atoms with van der Waals surface area (Å²) in [6.07, 6.45) is 1.25. The maximum atomic E-state index is 12.5. The molecule has 0 aliphatic carbocycles. The Morgan fingerprint density at radius 1 is 1.27 bits per heavy atom. The Hall–Kier alpha value is -1.98. The molecule has 30 heavy (non-hydrogen) atoms. The number of aryl methyl sites for hydroxylation is 3. The standard InChI is InChI=1S/C20H28F3N5O.HI/c1-4-24-19(25-9-5-6-16-11-27-28(3)13-16)26-12-17-8-7-15(2)10-18(17)29-14-20(21,22)23;/h7-8,10-11,13H,4-6,9,12,14H2,1-3H3,(H2,24,25,26);1H. The smallest absolute Gasteiger partial charge is 0.422 e. The summed E-state index contributed by atoms with van der Waals surface area (Å²) >= 11 is 0. The summed E-state index contributed by atoms with van der Waals surface area (Å²) in [5.41, 5.74) is 2.60. The van der Waals surface area contributed by atoms with Gasteiger partial charge in [-0.3, -0.25) is 4.68 Å². The fraction of sp³-hybridized carbons (Fsp3) is 0.500. The van der Waals surface area contributed by atoms with E-state index in [1.54, 1.807) is 23.7 Å². The number of aromatic nitrogens is 2. The predicted molar refractivity (Wildman–Crippen MR) is 122 cm³/mol. The van der Waals surface area contributed by atoms with Gasteiger partial charge in [0.05, 0.1) is 12.7 Å². The molecular formula is C20H29F3IN5O. The molecule has 0 unspecified atom stereocenters. The average Bonchev–Trinajstić information content (AvgIpc) is 3.07. The zero-order valence-electron chi connectivity index (χ0n) is 17.4. The molecule has 168 valence electrons. The van der Waals surface area contributed by atoms with Crippen LogP contribution in [-0.4, -0.2) is 41.6 Å². The molecule has 0 radical (unpaired) electrons. The lowest BCUT2D eigenvalue weighted by Gasteiger charge is -2.14. The van der Waals surface area contributed by atoms with Gasteiger partial charge >= 0.3 is 6.18 Å². The number of benzene rings is 1. The summed E-state index contributed by atoms with van der Waals surface area (Å²) < 4.78 is 44.3. The molecule has 0 saturated carbocycles. The number of rotatable bonds is 9. The van der Waals surface area contributed by atoms with Gasteiger partial charge in [-0.15, -0.1) is 24.0 Å². The Morgan fingerprint density at radius 2 is 2.03 bits per heavy atom. The molecule has 0 amide bonds. The van der Waals surface area contributed by atoms with Gasteiger partial charge in [-0.25, -0.2) is 4.99 Å². The number of guanidine groups is 1. The van der Waals surface area contributed by atoms with Crippen LogP contribution in [0.5, 0.6) is 5.75 Å². The molecule has 0 bridgehead atoms. The molecule has 0 aliphatic rings. The van der Waals surface area contributed by atoms with E-state index >= 15 is 0 Å². The molecule has 1 aromatic heterocycles. The molecule has 10 heteroatoms. The molecule has 1 aromatic carbocycles. The van der Waals surface area contributed by atoms with E-state index < -0.39 is 12.8 Å². The van der Waals surface area contributed by atoms with Gasteiger partial charge in [0.15, 0.2) is 12.6 Å². The second kappa shape index (κ2) is 12.7. The van der Waals surface area contributed by atoms with Gasteiger partial charge in [0.1, 0.15) is 5.75 Å². The fourth-order valence-electron chi connectivity index (χ4n) is 2.69. The SMILES string of the molecule is CCNC(=NCc1ccc(C)cc1OCC(F)(F)F)NCCCc1cnn(C)c1.I. The number of nitrogens with one attached hydrogen (secondary N) is 2. The van der Waals surface area contributed by atoms with Crippen molar-refractivity contribution in [1.29, 1.82) is 0 Å². The van der Waals surface area contributed by atoms with E-state index in [0.29, 0.717) is 24.6 Å². The van der Waals surface area contributed by atoms with Crippen LogP contribution in [0.25, 0.3) is 0 Å². The lowest BCUT2D eigenvalue weighted by atomic mass is 10.1. The molecule has 0 saturated heterocycles. The van der Waals surface area contributed by atoms with Crippen LogP contribution in [0, 0.1) is 6.92 Å². The summed E-state index contributed by atoms with van der Waals surface area (Å²) in [5, 5.41) is 10.5. The quantitative estimate of drug-likeness (QED) is 0.219.